The van der Waals surface area contributed by atoms with Gasteiger partial charge in [0.15, 0.2) is 0 Å². The summed E-state index contributed by atoms with van der Waals surface area (Å²) >= 11 is 0. The van der Waals surface area contributed by atoms with Crippen LogP contribution in [0.2, 0.25) is 0 Å². The molecule has 4 rings (SSSR count). The molecule has 0 atom stereocenters. The third kappa shape index (κ3) is 6.11. The van der Waals surface area contributed by atoms with Crippen molar-refractivity contribution >= 4 is 30.8 Å². The summed E-state index contributed by atoms with van der Waals surface area (Å²) in [6, 6.07) is 22.3. The van der Waals surface area contributed by atoms with Gasteiger partial charge in [-0.15, -0.1) is 24.8 Å². The van der Waals surface area contributed by atoms with Crippen LogP contribution in [0.1, 0.15) is 21.5 Å². The van der Waals surface area contributed by atoms with Crippen LogP contribution in [0.3, 0.4) is 0 Å². The first-order valence-corrected chi connectivity index (χ1v) is 10.0. The second-order valence-corrected chi connectivity index (χ2v) is 7.40. The van der Waals surface area contributed by atoms with Gasteiger partial charge in [0.25, 0.3) is 0 Å². The van der Waals surface area contributed by atoms with Crippen molar-refractivity contribution in [2.45, 2.75) is 13.5 Å². The zero-order valence-corrected chi connectivity index (χ0v) is 19.8. The summed E-state index contributed by atoms with van der Waals surface area (Å²) in [5, 5.41) is 9.44. The molecule has 0 spiro atoms. The molecular formula is C26H23Cl2FN2O3. The average Bonchev–Trinajstić information content (AvgIpc) is 2.78. The first-order valence-electron chi connectivity index (χ1n) is 10.0. The highest BCUT2D eigenvalue weighted by Gasteiger charge is 2.15. The van der Waals surface area contributed by atoms with E-state index in [9.17, 15) is 14.3 Å². The number of rotatable bonds is 6. The van der Waals surface area contributed by atoms with Gasteiger partial charge in [-0.1, -0.05) is 30.3 Å². The summed E-state index contributed by atoms with van der Waals surface area (Å²) in [5.74, 6) is -0.840. The van der Waals surface area contributed by atoms with Gasteiger partial charge in [-0.3, -0.25) is 0 Å². The smallest absolute Gasteiger partial charge is 0.336 e. The van der Waals surface area contributed by atoms with Gasteiger partial charge in [0, 0.05) is 18.2 Å². The van der Waals surface area contributed by atoms with Crippen molar-refractivity contribution in [3.8, 4) is 34.0 Å². The first kappa shape index (κ1) is 26.8. The third-order valence-corrected chi connectivity index (χ3v) is 4.98. The summed E-state index contributed by atoms with van der Waals surface area (Å²) in [6.07, 6.45) is 0. The number of aromatic nitrogens is 1. The van der Waals surface area contributed by atoms with Crippen LogP contribution in [0.25, 0.3) is 22.4 Å². The fraction of sp³-hybridized carbons (Fsp3) is 0.0769. The molecule has 0 bridgehead atoms. The summed E-state index contributed by atoms with van der Waals surface area (Å²) in [6.45, 7) is 2.43. The van der Waals surface area contributed by atoms with Crippen LogP contribution in [0, 0.1) is 12.7 Å². The number of carboxylic acids is 1. The van der Waals surface area contributed by atoms with Crippen LogP contribution >= 0.6 is 24.8 Å². The second-order valence-electron chi connectivity index (χ2n) is 7.40. The maximum Gasteiger partial charge on any atom is 0.336 e. The van der Waals surface area contributed by atoms with E-state index in [1.54, 1.807) is 18.2 Å². The zero-order valence-electron chi connectivity index (χ0n) is 18.2. The first-order chi connectivity index (χ1) is 15.4. The van der Waals surface area contributed by atoms with Gasteiger partial charge in [-0.05, 0) is 71.6 Å². The van der Waals surface area contributed by atoms with Gasteiger partial charge in [0.2, 0.25) is 5.88 Å². The highest BCUT2D eigenvalue weighted by molar-refractivity contribution is 5.95. The summed E-state index contributed by atoms with van der Waals surface area (Å²) in [5.41, 5.74) is 10.3. The number of halogens is 3. The van der Waals surface area contributed by atoms with Crippen molar-refractivity contribution in [2.24, 2.45) is 5.73 Å². The maximum absolute atomic E-state index is 13.8. The molecule has 0 fully saturated rings. The lowest BCUT2D eigenvalue weighted by Crippen LogP contribution is -2.01. The number of aryl methyl sites for hydroxylation is 1. The number of nitrogens with zero attached hydrogens (tertiary/aromatic N) is 1. The number of hydrogen-bond donors (Lipinski definition) is 2. The maximum atomic E-state index is 13.8. The quantitative estimate of drug-likeness (QED) is 0.309. The highest BCUT2D eigenvalue weighted by Crippen LogP contribution is 2.31. The van der Waals surface area contributed by atoms with Crippen molar-refractivity contribution in [1.29, 1.82) is 0 Å². The number of ether oxygens (including phenoxy) is 1. The molecule has 5 nitrogen and oxygen atoms in total. The van der Waals surface area contributed by atoms with Crippen molar-refractivity contribution in [1.82, 2.24) is 4.98 Å². The lowest BCUT2D eigenvalue weighted by Gasteiger charge is -2.11. The Labute approximate surface area is 209 Å². The van der Waals surface area contributed by atoms with Crippen LogP contribution in [0.5, 0.6) is 11.6 Å². The predicted molar refractivity (Wildman–Crippen MR) is 136 cm³/mol. The van der Waals surface area contributed by atoms with Gasteiger partial charge in [-0.25, -0.2) is 14.2 Å². The van der Waals surface area contributed by atoms with Crippen molar-refractivity contribution in [3.63, 3.8) is 0 Å². The van der Waals surface area contributed by atoms with Crippen LogP contribution < -0.4 is 10.5 Å². The third-order valence-electron chi connectivity index (χ3n) is 4.98. The van der Waals surface area contributed by atoms with Crippen molar-refractivity contribution in [2.75, 3.05) is 0 Å². The number of pyridine rings is 1. The molecule has 1 aromatic heterocycles. The molecule has 3 N–H and O–H groups in total. The molecule has 8 heteroatoms. The Hall–Kier alpha value is -3.45. The van der Waals surface area contributed by atoms with E-state index < -0.39 is 11.8 Å². The summed E-state index contributed by atoms with van der Waals surface area (Å²) < 4.78 is 19.8. The molecule has 0 amide bonds. The van der Waals surface area contributed by atoms with Gasteiger partial charge in [-0.2, -0.15) is 0 Å². The summed E-state index contributed by atoms with van der Waals surface area (Å²) in [4.78, 5) is 16.0. The average molecular weight is 501 g/mol. The van der Waals surface area contributed by atoms with Crippen LogP contribution in [-0.2, 0) is 6.54 Å². The van der Waals surface area contributed by atoms with E-state index in [4.69, 9.17) is 10.5 Å². The van der Waals surface area contributed by atoms with Gasteiger partial charge in [0.1, 0.15) is 11.6 Å². The van der Waals surface area contributed by atoms with E-state index >= 15 is 0 Å². The molecule has 34 heavy (non-hydrogen) atoms. The number of hydrogen-bond acceptors (Lipinski definition) is 4. The number of carbonyl (C=O) groups is 1. The molecule has 0 radical (unpaired) electrons. The molecular weight excluding hydrogens is 478 g/mol. The minimum atomic E-state index is -1.16. The minimum absolute atomic E-state index is 0. The number of carboxylic acid groups (broad SMARTS) is 1. The lowest BCUT2D eigenvalue weighted by molar-refractivity contribution is 0.0697. The minimum Gasteiger partial charge on any atom is -0.478 e. The topological polar surface area (TPSA) is 85.4 Å². The fourth-order valence-electron chi connectivity index (χ4n) is 3.51. The number of benzene rings is 3. The van der Waals surface area contributed by atoms with E-state index in [-0.39, 0.29) is 41.8 Å². The predicted octanol–water partition coefficient (Wildman–Crippen LogP) is 6.66. The van der Waals surface area contributed by atoms with E-state index in [1.807, 2.05) is 43.3 Å². The largest absolute Gasteiger partial charge is 0.478 e. The fourth-order valence-corrected chi connectivity index (χ4v) is 3.51. The van der Waals surface area contributed by atoms with Crippen molar-refractivity contribution in [3.05, 3.63) is 101 Å². The van der Waals surface area contributed by atoms with E-state index in [0.717, 1.165) is 34.4 Å². The second kappa shape index (κ2) is 11.6. The van der Waals surface area contributed by atoms with Gasteiger partial charge in [0.05, 0.1) is 11.3 Å². The zero-order chi connectivity index (χ0) is 22.7. The van der Waals surface area contributed by atoms with E-state index in [1.165, 1.54) is 6.07 Å². The Morgan fingerprint density at radius 3 is 2.47 bits per heavy atom. The Kier molecular flexibility index (Phi) is 9.15. The molecule has 176 valence electrons. The normalized spacial score (nSPS) is 10.1. The summed E-state index contributed by atoms with van der Waals surface area (Å²) in [7, 11) is 0. The van der Waals surface area contributed by atoms with Crippen LogP contribution in [-0.4, -0.2) is 16.1 Å². The molecule has 0 aliphatic carbocycles. The standard InChI is InChI=1S/C26H21FN2O3.2ClH/c1-16-10-19(18-5-2-4-17(12-18)15-28)13-21(11-16)32-25-7-3-6-24(29-25)23-14-20(27)8-9-22(23)26(30)31;;/h2-14H,15,28H2,1H3,(H,30,31);2*1H. The molecule has 0 saturated carbocycles. The van der Waals surface area contributed by atoms with E-state index in [2.05, 4.69) is 11.1 Å². The van der Waals surface area contributed by atoms with Gasteiger partial charge < -0.3 is 15.6 Å². The Bertz CT molecular complexity index is 1310. The Morgan fingerprint density at radius 2 is 1.74 bits per heavy atom. The highest BCUT2D eigenvalue weighted by atomic mass is 35.5. The van der Waals surface area contributed by atoms with Crippen molar-refractivity contribution < 1.29 is 19.0 Å². The number of nitrogens with two attached hydrogens (primary N) is 1. The van der Waals surface area contributed by atoms with E-state index in [0.29, 0.717) is 18.0 Å². The molecule has 0 aliphatic rings. The SMILES string of the molecule is Cc1cc(Oc2cccc(-c3cc(F)ccc3C(=O)O)n2)cc(-c2cccc(CN)c2)c1.Cl.Cl. The number of aromatic carboxylic acids is 1. The molecule has 4 aromatic rings. The van der Waals surface area contributed by atoms with Gasteiger partial charge >= 0.3 is 5.97 Å². The molecule has 0 aliphatic heterocycles. The van der Waals surface area contributed by atoms with Crippen LogP contribution in [0.4, 0.5) is 4.39 Å². The monoisotopic (exact) mass is 500 g/mol. The Morgan fingerprint density at radius 1 is 0.971 bits per heavy atom. The molecule has 0 unspecified atom stereocenters. The lowest BCUT2D eigenvalue weighted by atomic mass is 10.0. The molecule has 1 heterocycles. The van der Waals surface area contributed by atoms with Crippen LogP contribution in [0.15, 0.2) is 78.9 Å². The molecule has 3 aromatic carbocycles. The Balaban J connectivity index is 0.00000204. The molecule has 0 saturated heterocycles.